The lowest BCUT2D eigenvalue weighted by Gasteiger charge is -1.93. The van der Waals surface area contributed by atoms with E-state index < -0.39 is 24.1 Å². The van der Waals surface area contributed by atoms with Crippen LogP contribution in [0.3, 0.4) is 0 Å². The van der Waals surface area contributed by atoms with Crippen molar-refractivity contribution >= 4 is 11.4 Å². The molecule has 0 aromatic rings. The Balaban J connectivity index is 2.32. The zero-order valence-electron chi connectivity index (χ0n) is 4.00. The molecule has 3 nitrogen and oxygen atoms in total. The van der Waals surface area contributed by atoms with Crippen LogP contribution in [0.5, 0.6) is 0 Å². The van der Waals surface area contributed by atoms with Crippen molar-refractivity contribution in [3.63, 3.8) is 0 Å². The normalized spacial score (nSPS) is 38.1. The van der Waals surface area contributed by atoms with Crippen molar-refractivity contribution in [2.75, 3.05) is 13.3 Å². The molecule has 0 aromatic carbocycles. The van der Waals surface area contributed by atoms with Gasteiger partial charge in [-0.15, -0.1) is 0 Å². The fourth-order valence-electron chi connectivity index (χ4n) is 0.368. The summed E-state index contributed by atoms with van der Waals surface area (Å²) in [5.74, 6) is 0. The number of rotatable bonds is 1. The minimum Gasteiger partial charge on any atom is -0.266 e. The van der Waals surface area contributed by atoms with Crippen LogP contribution in [0.25, 0.3) is 0 Å². The van der Waals surface area contributed by atoms with Crippen molar-refractivity contribution in [3.05, 3.63) is 0 Å². The van der Waals surface area contributed by atoms with Gasteiger partial charge in [0.25, 0.3) is 0 Å². The summed E-state index contributed by atoms with van der Waals surface area (Å²) >= 11 is -1.69. The predicted octanol–water partition coefficient (Wildman–Crippen LogP) is -0.0500. The summed E-state index contributed by atoms with van der Waals surface area (Å²) in [4.78, 5) is 0. The van der Waals surface area contributed by atoms with Crippen molar-refractivity contribution in [2.24, 2.45) is 0 Å². The number of hydrogen-bond acceptors (Lipinski definition) is 3. The van der Waals surface area contributed by atoms with E-state index in [1.165, 1.54) is 0 Å². The molecule has 1 saturated heterocycles. The number of halogens is 1. The topological polar surface area (TPSA) is 35.5 Å². The average molecular weight is 140 g/mol. The van der Waals surface area contributed by atoms with Crippen LogP contribution in [0.2, 0.25) is 0 Å². The van der Waals surface area contributed by atoms with E-state index in [1.54, 1.807) is 0 Å². The van der Waals surface area contributed by atoms with E-state index in [9.17, 15) is 8.60 Å². The molecule has 0 unspecified atom stereocenters. The molecule has 0 aliphatic carbocycles. The molecule has 1 fully saturated rings. The van der Waals surface area contributed by atoms with Gasteiger partial charge in [0.05, 0.1) is 6.61 Å². The largest absolute Gasteiger partial charge is 0.305 e. The standard InChI is InChI=1S/C3H5FO3S/c4-1-3-2-6-8(5)7-3/h3H,1-2H2/t3-,8-/m1/s1. The summed E-state index contributed by atoms with van der Waals surface area (Å²) < 4.78 is 30.4. The Morgan fingerprint density at radius 1 is 1.88 bits per heavy atom. The number of hydrogen-bond donors (Lipinski definition) is 0. The quantitative estimate of drug-likeness (QED) is 0.512. The third kappa shape index (κ3) is 1.24. The Morgan fingerprint density at radius 2 is 2.62 bits per heavy atom. The highest BCUT2D eigenvalue weighted by molar-refractivity contribution is 7.75. The van der Waals surface area contributed by atoms with E-state index >= 15 is 0 Å². The van der Waals surface area contributed by atoms with Gasteiger partial charge >= 0.3 is 11.4 Å². The van der Waals surface area contributed by atoms with Gasteiger partial charge in [-0.05, 0) is 0 Å². The molecule has 1 rings (SSSR count). The Hall–Kier alpha value is -0.0000000000000000486. The fourth-order valence-corrected chi connectivity index (χ4v) is 1.02. The van der Waals surface area contributed by atoms with Crippen LogP contribution < -0.4 is 0 Å². The minimum absolute atomic E-state index is 0.100. The molecule has 2 atom stereocenters. The first kappa shape index (κ1) is 6.12. The Kier molecular flexibility index (Phi) is 1.93. The van der Waals surface area contributed by atoms with Crippen LogP contribution in [-0.4, -0.2) is 23.6 Å². The minimum atomic E-state index is -1.69. The first-order valence-corrected chi connectivity index (χ1v) is 3.11. The Labute approximate surface area is 48.6 Å². The van der Waals surface area contributed by atoms with E-state index in [-0.39, 0.29) is 6.61 Å². The molecular formula is C3H5FO3S. The first-order valence-electron chi connectivity index (χ1n) is 2.11. The maximum atomic E-state index is 11.5. The second kappa shape index (κ2) is 2.52. The summed E-state index contributed by atoms with van der Waals surface area (Å²) in [6.07, 6.45) is -0.615. The Morgan fingerprint density at radius 3 is 2.88 bits per heavy atom. The molecular weight excluding hydrogens is 135 g/mol. The zero-order valence-corrected chi connectivity index (χ0v) is 4.82. The van der Waals surface area contributed by atoms with Crippen molar-refractivity contribution in [1.82, 2.24) is 0 Å². The highest BCUT2D eigenvalue weighted by atomic mass is 32.2. The molecule has 8 heavy (non-hydrogen) atoms. The molecule has 1 aliphatic heterocycles. The third-order valence-electron chi connectivity index (χ3n) is 0.737. The van der Waals surface area contributed by atoms with Crippen molar-refractivity contribution < 1.29 is 17.0 Å². The monoisotopic (exact) mass is 140 g/mol. The van der Waals surface area contributed by atoms with Gasteiger partial charge in [0.2, 0.25) is 0 Å². The Bertz CT molecular complexity index is 107. The summed E-state index contributed by atoms with van der Waals surface area (Å²) in [6.45, 7) is -0.533. The second-order valence-corrected chi connectivity index (χ2v) is 2.20. The van der Waals surface area contributed by atoms with Gasteiger partial charge in [0.15, 0.2) is 0 Å². The second-order valence-electron chi connectivity index (χ2n) is 1.36. The molecule has 48 valence electrons. The van der Waals surface area contributed by atoms with Crippen molar-refractivity contribution in [3.8, 4) is 0 Å². The van der Waals surface area contributed by atoms with Crippen LogP contribution in [0.4, 0.5) is 4.39 Å². The van der Waals surface area contributed by atoms with Crippen molar-refractivity contribution in [2.45, 2.75) is 6.10 Å². The molecule has 0 radical (unpaired) electrons. The van der Waals surface area contributed by atoms with Crippen LogP contribution in [-0.2, 0) is 19.7 Å². The summed E-state index contributed by atoms with van der Waals surface area (Å²) in [5, 5.41) is 0. The van der Waals surface area contributed by atoms with E-state index in [2.05, 4.69) is 8.37 Å². The SMILES string of the molecule is O=[S@@]1OC[C@@H](CF)O1. The molecule has 0 saturated carbocycles. The number of alkyl halides is 1. The van der Waals surface area contributed by atoms with E-state index in [1.807, 2.05) is 0 Å². The molecule has 0 aromatic heterocycles. The lowest BCUT2D eigenvalue weighted by atomic mass is 10.4. The van der Waals surface area contributed by atoms with Crippen LogP contribution in [0, 0.1) is 0 Å². The first-order chi connectivity index (χ1) is 3.83. The summed E-state index contributed by atoms with van der Waals surface area (Å²) in [5.41, 5.74) is 0. The van der Waals surface area contributed by atoms with E-state index in [0.717, 1.165) is 0 Å². The smallest absolute Gasteiger partial charge is 0.266 e. The van der Waals surface area contributed by atoms with Crippen molar-refractivity contribution in [1.29, 1.82) is 0 Å². The van der Waals surface area contributed by atoms with Gasteiger partial charge in [-0.25, -0.2) is 4.39 Å². The predicted molar refractivity (Wildman–Crippen MR) is 24.9 cm³/mol. The summed E-state index contributed by atoms with van der Waals surface area (Å²) in [7, 11) is 0. The van der Waals surface area contributed by atoms with Gasteiger partial charge < -0.3 is 0 Å². The van der Waals surface area contributed by atoms with Crippen LogP contribution >= 0.6 is 0 Å². The van der Waals surface area contributed by atoms with Gasteiger partial charge in [-0.3, -0.25) is 8.37 Å². The summed E-state index contributed by atoms with van der Waals surface area (Å²) in [6, 6.07) is 0. The molecule has 0 amide bonds. The van der Waals surface area contributed by atoms with E-state index in [4.69, 9.17) is 0 Å². The fraction of sp³-hybridized carbons (Fsp3) is 1.00. The van der Waals surface area contributed by atoms with E-state index in [0.29, 0.717) is 0 Å². The molecule has 5 heteroatoms. The van der Waals surface area contributed by atoms with Crippen LogP contribution in [0.1, 0.15) is 0 Å². The lowest BCUT2D eigenvalue weighted by Crippen LogP contribution is -2.10. The maximum absolute atomic E-state index is 11.5. The maximum Gasteiger partial charge on any atom is 0.305 e. The molecule has 1 aliphatic rings. The highest BCUT2D eigenvalue weighted by Crippen LogP contribution is 2.07. The molecule has 0 N–H and O–H groups in total. The molecule has 0 bridgehead atoms. The highest BCUT2D eigenvalue weighted by Gasteiger charge is 2.22. The lowest BCUT2D eigenvalue weighted by molar-refractivity contribution is 0.195. The average Bonchev–Trinajstić information content (AvgIpc) is 2.14. The molecule has 1 heterocycles. The van der Waals surface area contributed by atoms with Gasteiger partial charge in [-0.1, -0.05) is 0 Å². The zero-order chi connectivity index (χ0) is 5.98. The van der Waals surface area contributed by atoms with Gasteiger partial charge in [0.1, 0.15) is 12.8 Å². The van der Waals surface area contributed by atoms with Crippen LogP contribution in [0.15, 0.2) is 0 Å². The third-order valence-corrected chi connectivity index (χ3v) is 1.49. The molecule has 0 spiro atoms. The van der Waals surface area contributed by atoms with Gasteiger partial charge in [-0.2, -0.15) is 4.21 Å². The van der Waals surface area contributed by atoms with Gasteiger partial charge in [0, 0.05) is 0 Å².